The maximum atomic E-state index is 12.4. The van der Waals surface area contributed by atoms with Gasteiger partial charge in [-0.05, 0) is 32.4 Å². The van der Waals surface area contributed by atoms with E-state index in [0.717, 1.165) is 24.5 Å². The minimum Gasteiger partial charge on any atom is -0.371 e. The molecule has 19 heavy (non-hydrogen) atoms. The summed E-state index contributed by atoms with van der Waals surface area (Å²) in [6.07, 6.45) is 1.21. The summed E-state index contributed by atoms with van der Waals surface area (Å²) < 4.78 is 0. The highest BCUT2D eigenvalue weighted by Gasteiger charge is 2.25. The Kier molecular flexibility index (Phi) is 3.80. The Balaban J connectivity index is 2.14. The average Bonchev–Trinajstić information content (AvgIpc) is 2.36. The van der Waals surface area contributed by atoms with Crippen molar-refractivity contribution in [3.63, 3.8) is 0 Å². The number of likely N-dealkylation sites (N-methyl/N-ethyl adjacent to an activating group) is 1. The van der Waals surface area contributed by atoms with Crippen LogP contribution >= 0.6 is 0 Å². The lowest BCUT2D eigenvalue weighted by atomic mass is 9.99. The highest BCUT2D eigenvalue weighted by Crippen LogP contribution is 2.32. The summed E-state index contributed by atoms with van der Waals surface area (Å²) in [7, 11) is 2.06. The molecule has 0 aliphatic carbocycles. The van der Waals surface area contributed by atoms with Crippen LogP contribution < -0.4 is 15.5 Å². The first-order chi connectivity index (χ1) is 8.88. The van der Waals surface area contributed by atoms with Gasteiger partial charge in [-0.15, -0.1) is 0 Å². The van der Waals surface area contributed by atoms with Crippen molar-refractivity contribution < 1.29 is 4.79 Å². The van der Waals surface area contributed by atoms with Crippen LogP contribution in [0.3, 0.4) is 0 Å². The quantitative estimate of drug-likeness (QED) is 0.905. The van der Waals surface area contributed by atoms with Gasteiger partial charge in [0.1, 0.15) is 0 Å². The second-order valence-corrected chi connectivity index (χ2v) is 5.94. The molecule has 0 unspecified atom stereocenters. The van der Waals surface area contributed by atoms with E-state index < -0.39 is 0 Å². The van der Waals surface area contributed by atoms with Gasteiger partial charge in [0.25, 0.3) is 0 Å². The lowest BCUT2D eigenvalue weighted by Crippen LogP contribution is -2.43. The van der Waals surface area contributed by atoms with Crippen molar-refractivity contribution in [1.82, 2.24) is 0 Å². The molecule has 0 saturated heterocycles. The van der Waals surface area contributed by atoms with Crippen molar-refractivity contribution >= 4 is 17.3 Å². The molecule has 2 N–H and O–H groups in total. The normalized spacial score (nSPS) is 15.4. The summed E-state index contributed by atoms with van der Waals surface area (Å²) in [6, 6.07) is 8.05. The van der Waals surface area contributed by atoms with Crippen molar-refractivity contribution in [2.45, 2.75) is 32.2 Å². The van der Waals surface area contributed by atoms with E-state index in [1.807, 2.05) is 36.9 Å². The van der Waals surface area contributed by atoms with Crippen LogP contribution in [-0.4, -0.2) is 31.6 Å². The predicted molar refractivity (Wildman–Crippen MR) is 79.6 cm³/mol. The van der Waals surface area contributed by atoms with Crippen molar-refractivity contribution in [3.8, 4) is 0 Å². The molecule has 1 aromatic rings. The third-order valence-corrected chi connectivity index (χ3v) is 3.53. The number of carbonyl (C=O) groups is 1. The van der Waals surface area contributed by atoms with Crippen molar-refractivity contribution in [2.75, 3.05) is 29.9 Å². The molecule has 1 aliphatic rings. The zero-order valence-corrected chi connectivity index (χ0v) is 12.0. The van der Waals surface area contributed by atoms with E-state index in [0.29, 0.717) is 12.8 Å². The Bertz CT molecular complexity index is 465. The monoisotopic (exact) mass is 261 g/mol. The number of rotatable bonds is 3. The van der Waals surface area contributed by atoms with E-state index in [-0.39, 0.29) is 11.4 Å². The third-order valence-electron chi connectivity index (χ3n) is 3.53. The van der Waals surface area contributed by atoms with Gasteiger partial charge in [-0.1, -0.05) is 12.1 Å². The number of benzene rings is 1. The Morgan fingerprint density at radius 1 is 1.26 bits per heavy atom. The number of amides is 1. The van der Waals surface area contributed by atoms with Crippen molar-refractivity contribution in [2.24, 2.45) is 5.73 Å². The molecule has 1 aliphatic heterocycles. The molecule has 0 fully saturated rings. The summed E-state index contributed by atoms with van der Waals surface area (Å²) in [5.74, 6) is 0.166. The van der Waals surface area contributed by atoms with Crippen molar-refractivity contribution in [1.29, 1.82) is 0 Å². The van der Waals surface area contributed by atoms with Crippen LogP contribution in [0.25, 0.3) is 0 Å². The maximum Gasteiger partial charge on any atom is 0.227 e. The molecule has 0 spiro atoms. The van der Waals surface area contributed by atoms with E-state index >= 15 is 0 Å². The zero-order valence-electron chi connectivity index (χ0n) is 12.0. The lowest BCUT2D eigenvalue weighted by molar-refractivity contribution is -0.119. The molecule has 0 aromatic heterocycles. The van der Waals surface area contributed by atoms with Gasteiger partial charge in [0, 0.05) is 32.1 Å². The van der Waals surface area contributed by atoms with Gasteiger partial charge in [0.2, 0.25) is 5.91 Å². The first kappa shape index (κ1) is 13.9. The summed E-state index contributed by atoms with van der Waals surface area (Å²) >= 11 is 0. The van der Waals surface area contributed by atoms with Gasteiger partial charge in [0.05, 0.1) is 11.4 Å². The second-order valence-electron chi connectivity index (χ2n) is 5.94. The minimum atomic E-state index is -0.290. The molecule has 4 heteroatoms. The van der Waals surface area contributed by atoms with Crippen molar-refractivity contribution in [3.05, 3.63) is 24.3 Å². The zero-order chi connectivity index (χ0) is 14.0. The summed E-state index contributed by atoms with van der Waals surface area (Å²) in [5, 5.41) is 0. The van der Waals surface area contributed by atoms with Gasteiger partial charge >= 0.3 is 0 Å². The van der Waals surface area contributed by atoms with E-state index in [4.69, 9.17) is 5.73 Å². The number of hydrogen-bond acceptors (Lipinski definition) is 3. The lowest BCUT2D eigenvalue weighted by Gasteiger charge is -2.36. The SMILES string of the molecule is CN1CCN(C(=O)CCC(C)(C)N)c2ccccc21. The number of carbonyl (C=O) groups excluding carboxylic acids is 1. The third kappa shape index (κ3) is 3.26. The molecule has 0 saturated carbocycles. The number of fused-ring (bicyclic) bond motifs is 1. The molecule has 1 amide bonds. The summed E-state index contributed by atoms with van der Waals surface area (Å²) in [4.78, 5) is 16.4. The van der Waals surface area contributed by atoms with E-state index in [1.165, 1.54) is 0 Å². The number of hydrogen-bond donors (Lipinski definition) is 1. The molecule has 0 atom stereocenters. The predicted octanol–water partition coefficient (Wildman–Crippen LogP) is 1.99. The molecular formula is C15H23N3O. The molecule has 104 valence electrons. The number of para-hydroxylation sites is 2. The van der Waals surface area contributed by atoms with Gasteiger partial charge in [-0.3, -0.25) is 4.79 Å². The highest BCUT2D eigenvalue weighted by molar-refractivity contribution is 5.97. The molecule has 0 radical (unpaired) electrons. The van der Waals surface area contributed by atoms with Gasteiger partial charge < -0.3 is 15.5 Å². The largest absolute Gasteiger partial charge is 0.371 e. The van der Waals surface area contributed by atoms with Crippen LogP contribution in [0.5, 0.6) is 0 Å². The Labute approximate surface area is 115 Å². The minimum absolute atomic E-state index is 0.166. The van der Waals surface area contributed by atoms with Crippen LogP contribution in [-0.2, 0) is 4.79 Å². The van der Waals surface area contributed by atoms with E-state index in [2.05, 4.69) is 18.0 Å². The Morgan fingerprint density at radius 3 is 2.53 bits per heavy atom. The number of anilines is 2. The second kappa shape index (κ2) is 5.21. The van der Waals surface area contributed by atoms with Gasteiger partial charge in [-0.2, -0.15) is 0 Å². The highest BCUT2D eigenvalue weighted by atomic mass is 16.2. The first-order valence-electron chi connectivity index (χ1n) is 6.78. The van der Waals surface area contributed by atoms with Crippen LogP contribution in [0.15, 0.2) is 24.3 Å². The molecule has 1 heterocycles. The Morgan fingerprint density at radius 2 is 1.89 bits per heavy atom. The van der Waals surface area contributed by atoms with E-state index in [9.17, 15) is 4.79 Å². The molecule has 2 rings (SSSR count). The molecule has 4 nitrogen and oxygen atoms in total. The standard InChI is InChI=1S/C15H23N3O/c1-15(2,16)9-8-14(19)18-11-10-17(3)12-6-4-5-7-13(12)18/h4-7H,8-11,16H2,1-3H3. The van der Waals surface area contributed by atoms with Crippen LogP contribution in [0.1, 0.15) is 26.7 Å². The van der Waals surface area contributed by atoms with E-state index in [1.54, 1.807) is 0 Å². The fourth-order valence-corrected chi connectivity index (χ4v) is 2.33. The fourth-order valence-electron chi connectivity index (χ4n) is 2.33. The molecule has 1 aromatic carbocycles. The summed E-state index contributed by atoms with van der Waals surface area (Å²) in [5.41, 5.74) is 7.79. The molecular weight excluding hydrogens is 238 g/mol. The smallest absolute Gasteiger partial charge is 0.227 e. The van der Waals surface area contributed by atoms with Crippen LogP contribution in [0.2, 0.25) is 0 Å². The first-order valence-corrected chi connectivity index (χ1v) is 6.78. The van der Waals surface area contributed by atoms with Crippen LogP contribution in [0, 0.1) is 0 Å². The van der Waals surface area contributed by atoms with Crippen LogP contribution in [0.4, 0.5) is 11.4 Å². The summed E-state index contributed by atoms with van der Waals surface area (Å²) in [6.45, 7) is 5.53. The van der Waals surface area contributed by atoms with Gasteiger partial charge in [0.15, 0.2) is 0 Å². The molecule has 0 bridgehead atoms. The fraction of sp³-hybridized carbons (Fsp3) is 0.533. The topological polar surface area (TPSA) is 49.6 Å². The number of nitrogens with zero attached hydrogens (tertiary/aromatic N) is 2. The van der Waals surface area contributed by atoms with Gasteiger partial charge in [-0.25, -0.2) is 0 Å². The maximum absolute atomic E-state index is 12.4. The average molecular weight is 261 g/mol. The number of nitrogens with two attached hydrogens (primary N) is 1. The Hall–Kier alpha value is -1.55.